The smallest absolute Gasteiger partial charge is 0.287 e. The second-order valence-corrected chi connectivity index (χ2v) is 7.16. The lowest BCUT2D eigenvalue weighted by Gasteiger charge is -2.31. The molecule has 25 heavy (non-hydrogen) atoms. The van der Waals surface area contributed by atoms with Gasteiger partial charge in [-0.1, -0.05) is 19.3 Å². The molecule has 0 unspecified atom stereocenters. The van der Waals surface area contributed by atoms with E-state index in [4.69, 9.17) is 4.42 Å². The fourth-order valence-electron chi connectivity index (χ4n) is 3.78. The van der Waals surface area contributed by atoms with Crippen LogP contribution in [0, 0.1) is 17.2 Å². The van der Waals surface area contributed by atoms with Gasteiger partial charge in [0.15, 0.2) is 5.76 Å². The number of amides is 1. The molecule has 2 aliphatic carbocycles. The van der Waals surface area contributed by atoms with Crippen LogP contribution in [0.5, 0.6) is 0 Å². The van der Waals surface area contributed by atoms with Crippen LogP contribution in [0.3, 0.4) is 0 Å². The van der Waals surface area contributed by atoms with E-state index in [0.29, 0.717) is 11.7 Å². The minimum Gasteiger partial charge on any atom is -0.459 e. The molecule has 4 rings (SSSR count). The average molecular weight is 343 g/mol. The SMILES string of the molecule is N#CC1(N2C=C([C@@H](NC(=O)c3ccco3)C3CCCCC3)NN2)CC1.[HH]. The van der Waals surface area contributed by atoms with Gasteiger partial charge in [0.2, 0.25) is 0 Å². The lowest BCUT2D eigenvalue weighted by Crippen LogP contribution is -2.48. The Morgan fingerprint density at radius 1 is 1.44 bits per heavy atom. The minimum atomic E-state index is -0.448. The van der Waals surface area contributed by atoms with Crippen LogP contribution < -0.4 is 16.3 Å². The molecule has 7 heteroatoms. The Balaban J connectivity index is 0.00000196. The van der Waals surface area contributed by atoms with Gasteiger partial charge in [-0.25, -0.2) is 0 Å². The molecule has 1 amide bonds. The molecule has 1 atom stereocenters. The van der Waals surface area contributed by atoms with Gasteiger partial charge < -0.3 is 15.2 Å². The van der Waals surface area contributed by atoms with Crippen LogP contribution in [0.2, 0.25) is 0 Å². The van der Waals surface area contributed by atoms with Crippen molar-refractivity contribution in [1.29, 1.82) is 5.26 Å². The molecule has 2 fully saturated rings. The Labute approximate surface area is 148 Å². The number of hydrogen-bond donors (Lipinski definition) is 3. The Morgan fingerprint density at radius 3 is 2.88 bits per heavy atom. The van der Waals surface area contributed by atoms with E-state index < -0.39 is 5.54 Å². The Bertz CT molecular complexity index is 702. The maximum atomic E-state index is 12.5. The van der Waals surface area contributed by atoms with Crippen molar-refractivity contribution < 1.29 is 10.6 Å². The van der Waals surface area contributed by atoms with Crippen LogP contribution in [0.15, 0.2) is 34.7 Å². The van der Waals surface area contributed by atoms with E-state index in [1.54, 1.807) is 12.1 Å². The van der Waals surface area contributed by atoms with Gasteiger partial charge in [0.1, 0.15) is 5.54 Å². The van der Waals surface area contributed by atoms with Crippen molar-refractivity contribution in [2.75, 3.05) is 0 Å². The zero-order valence-corrected chi connectivity index (χ0v) is 14.1. The Morgan fingerprint density at radius 2 is 2.24 bits per heavy atom. The fourth-order valence-corrected chi connectivity index (χ4v) is 3.78. The third-order valence-electron chi connectivity index (χ3n) is 5.47. The van der Waals surface area contributed by atoms with Gasteiger partial charge in [-0.05, 0) is 43.7 Å². The number of carbonyl (C=O) groups is 1. The number of nitrogens with zero attached hydrogens (tertiary/aromatic N) is 2. The third kappa shape index (κ3) is 3.10. The summed E-state index contributed by atoms with van der Waals surface area (Å²) in [5.41, 5.74) is 6.72. The predicted octanol–water partition coefficient (Wildman–Crippen LogP) is 2.43. The van der Waals surface area contributed by atoms with Crippen molar-refractivity contribution >= 4 is 5.91 Å². The summed E-state index contributed by atoms with van der Waals surface area (Å²) in [6, 6.07) is 5.64. The van der Waals surface area contributed by atoms with Gasteiger partial charge in [0, 0.05) is 7.63 Å². The molecule has 7 nitrogen and oxygen atoms in total. The number of nitriles is 1. The lowest BCUT2D eigenvalue weighted by molar-refractivity contribution is 0.0893. The summed E-state index contributed by atoms with van der Waals surface area (Å²) in [5.74, 6) is 0.494. The van der Waals surface area contributed by atoms with Crippen LogP contribution in [-0.2, 0) is 0 Å². The van der Waals surface area contributed by atoms with E-state index in [0.717, 1.165) is 31.4 Å². The molecule has 3 aliphatic rings. The molecule has 2 heterocycles. The molecule has 0 bridgehead atoms. The second-order valence-electron chi connectivity index (χ2n) is 7.16. The van der Waals surface area contributed by atoms with Gasteiger partial charge in [-0.2, -0.15) is 5.26 Å². The Hall–Kier alpha value is -2.46. The van der Waals surface area contributed by atoms with Crippen LogP contribution in [0.25, 0.3) is 0 Å². The van der Waals surface area contributed by atoms with E-state index in [1.165, 1.54) is 25.5 Å². The molecule has 0 saturated heterocycles. The first kappa shape index (κ1) is 16.0. The predicted molar refractivity (Wildman–Crippen MR) is 92.4 cm³/mol. The van der Waals surface area contributed by atoms with Crippen molar-refractivity contribution in [1.82, 2.24) is 21.3 Å². The van der Waals surface area contributed by atoms with E-state index in [9.17, 15) is 10.1 Å². The Kier molecular flexibility index (Phi) is 4.14. The minimum absolute atomic E-state index is 0. The van der Waals surface area contributed by atoms with Crippen molar-refractivity contribution in [3.05, 3.63) is 36.1 Å². The highest BCUT2D eigenvalue weighted by Gasteiger charge is 2.50. The quantitative estimate of drug-likeness (QED) is 0.760. The fraction of sp³-hybridized carbons (Fsp3) is 0.556. The normalized spacial score (nSPS) is 23.3. The first-order valence-corrected chi connectivity index (χ1v) is 9.00. The topological polar surface area (TPSA) is 93.3 Å². The highest BCUT2D eigenvalue weighted by molar-refractivity contribution is 5.91. The molecule has 1 aliphatic heterocycles. The van der Waals surface area contributed by atoms with Gasteiger partial charge in [0.25, 0.3) is 5.91 Å². The standard InChI is InChI=1S/C18H23N5O2.H2/c19-12-18(8-9-18)23-11-14(21-22-23)16(13-5-2-1-3-6-13)20-17(24)15-7-4-10-25-15;/h4,7,10-11,13,16,21-22H,1-3,5-6,8-9H2,(H,20,24);1H/t16-;/m0./s1. The molecule has 0 radical (unpaired) electrons. The molecule has 134 valence electrons. The van der Waals surface area contributed by atoms with E-state index in [2.05, 4.69) is 22.3 Å². The van der Waals surface area contributed by atoms with Crippen molar-refractivity contribution in [2.45, 2.75) is 56.5 Å². The van der Waals surface area contributed by atoms with Gasteiger partial charge in [-0.3, -0.25) is 9.80 Å². The zero-order chi connectivity index (χ0) is 17.3. The molecule has 1 aromatic rings. The van der Waals surface area contributed by atoms with Gasteiger partial charge in [0.05, 0.1) is 24.1 Å². The van der Waals surface area contributed by atoms with E-state index in [-0.39, 0.29) is 13.4 Å². The highest BCUT2D eigenvalue weighted by atomic mass is 16.3. The van der Waals surface area contributed by atoms with Crippen LogP contribution in [-0.4, -0.2) is 22.5 Å². The number of hydrogen-bond acceptors (Lipinski definition) is 6. The summed E-state index contributed by atoms with van der Waals surface area (Å²) in [6.45, 7) is 0. The first-order chi connectivity index (χ1) is 12.2. The van der Waals surface area contributed by atoms with Crippen LogP contribution >= 0.6 is 0 Å². The molecule has 1 aromatic heterocycles. The highest BCUT2D eigenvalue weighted by Crippen LogP contribution is 2.41. The average Bonchev–Trinajstić information content (AvgIpc) is 3.05. The van der Waals surface area contributed by atoms with Crippen LogP contribution in [0.1, 0.15) is 56.9 Å². The summed E-state index contributed by atoms with van der Waals surface area (Å²) in [4.78, 5) is 12.5. The zero-order valence-electron chi connectivity index (χ0n) is 14.1. The van der Waals surface area contributed by atoms with Crippen molar-refractivity contribution in [3.8, 4) is 6.07 Å². The summed E-state index contributed by atoms with van der Waals surface area (Å²) < 4.78 is 5.23. The molecule has 0 spiro atoms. The third-order valence-corrected chi connectivity index (χ3v) is 5.47. The van der Waals surface area contributed by atoms with Gasteiger partial charge in [-0.15, -0.1) is 5.53 Å². The largest absolute Gasteiger partial charge is 0.459 e. The van der Waals surface area contributed by atoms with E-state index in [1.807, 2.05) is 11.2 Å². The summed E-state index contributed by atoms with van der Waals surface area (Å²) in [5, 5.41) is 14.4. The number of nitrogens with one attached hydrogen (secondary N) is 3. The van der Waals surface area contributed by atoms with E-state index >= 15 is 0 Å². The molecule has 2 saturated carbocycles. The summed E-state index contributed by atoms with van der Waals surface area (Å²) in [7, 11) is 0. The maximum absolute atomic E-state index is 12.5. The second kappa shape index (κ2) is 6.45. The number of carbonyl (C=O) groups excluding carboxylic acids is 1. The van der Waals surface area contributed by atoms with Gasteiger partial charge >= 0.3 is 0 Å². The molecular formula is C18H25N5O2. The number of furan rings is 1. The van der Waals surface area contributed by atoms with Crippen molar-refractivity contribution in [2.24, 2.45) is 5.92 Å². The number of hydrazine groups is 2. The molecule has 3 N–H and O–H groups in total. The lowest BCUT2D eigenvalue weighted by atomic mass is 9.82. The maximum Gasteiger partial charge on any atom is 0.287 e. The summed E-state index contributed by atoms with van der Waals surface area (Å²) >= 11 is 0. The van der Waals surface area contributed by atoms with Crippen LogP contribution in [0.4, 0.5) is 0 Å². The number of rotatable bonds is 5. The molecule has 0 aromatic carbocycles. The monoisotopic (exact) mass is 343 g/mol. The summed E-state index contributed by atoms with van der Waals surface area (Å²) in [6.07, 6.45) is 11.0. The molecular weight excluding hydrogens is 318 g/mol. The first-order valence-electron chi connectivity index (χ1n) is 9.00. The van der Waals surface area contributed by atoms with Crippen molar-refractivity contribution in [3.63, 3.8) is 0 Å².